The zero-order chi connectivity index (χ0) is 14.2. The summed E-state index contributed by atoms with van der Waals surface area (Å²) in [5, 5.41) is 8.82. The van der Waals surface area contributed by atoms with Crippen molar-refractivity contribution in [2.75, 3.05) is 18.1 Å². The first kappa shape index (κ1) is 13.3. The Morgan fingerprint density at radius 2 is 1.95 bits per heavy atom. The van der Waals surface area contributed by atoms with Crippen LogP contribution in [0.4, 0.5) is 11.9 Å². The molecule has 2 rings (SSSR count). The second-order valence-electron chi connectivity index (χ2n) is 4.51. The lowest BCUT2D eigenvalue weighted by atomic mass is 10.3. The zero-order valence-electron chi connectivity index (χ0n) is 11.1. The van der Waals surface area contributed by atoms with Gasteiger partial charge in [0.25, 0.3) is 17.2 Å². The Hall–Kier alpha value is -2.09. The molecule has 0 amide bonds. The molecule has 104 valence electrons. The van der Waals surface area contributed by atoms with Crippen LogP contribution >= 0.6 is 0 Å². The molecule has 0 aliphatic heterocycles. The van der Waals surface area contributed by atoms with Crippen LogP contribution in [-0.2, 0) is 20.6 Å². The molecule has 0 aliphatic carbocycles. The maximum absolute atomic E-state index is 12.2. The van der Waals surface area contributed by atoms with Gasteiger partial charge in [0.1, 0.15) is 0 Å². The molecule has 8 heteroatoms. The van der Waals surface area contributed by atoms with E-state index in [0.29, 0.717) is 30.1 Å². The molecular weight excluding hydrogens is 248 g/mol. The van der Waals surface area contributed by atoms with Gasteiger partial charge in [-0.05, 0) is 12.8 Å². The molecule has 5 N–H and O–H groups in total. The van der Waals surface area contributed by atoms with Crippen molar-refractivity contribution in [1.29, 1.82) is 0 Å². The largest absolute Gasteiger partial charge is 0.396 e. The van der Waals surface area contributed by atoms with E-state index in [1.807, 2.05) is 0 Å². The van der Waals surface area contributed by atoms with Crippen molar-refractivity contribution < 1.29 is 9.67 Å². The Labute approximate surface area is 109 Å². The number of nitrogen functional groups attached to an aromatic ring is 2. The monoisotopic (exact) mass is 267 g/mol. The Kier molecular flexibility index (Phi) is 3.43. The van der Waals surface area contributed by atoms with Crippen LogP contribution in [0.5, 0.6) is 0 Å². The van der Waals surface area contributed by atoms with Crippen LogP contribution in [0.3, 0.4) is 0 Å². The first-order valence-electron chi connectivity index (χ1n) is 6.10. The first-order valence-corrected chi connectivity index (χ1v) is 6.10. The van der Waals surface area contributed by atoms with Gasteiger partial charge in [-0.1, -0.05) is 4.98 Å². The topological polar surface area (TPSA) is 116 Å². The van der Waals surface area contributed by atoms with E-state index in [4.69, 9.17) is 16.6 Å². The number of hydrogen-bond acceptors (Lipinski definition) is 5. The fraction of sp³-hybridized carbons (Fsp3) is 0.545. The highest BCUT2D eigenvalue weighted by molar-refractivity contribution is 5.69. The van der Waals surface area contributed by atoms with Crippen molar-refractivity contribution in [3.8, 4) is 0 Å². The highest BCUT2D eigenvalue weighted by atomic mass is 16.2. The molecule has 0 bridgehead atoms. The zero-order valence-corrected chi connectivity index (χ0v) is 11.1. The third-order valence-corrected chi connectivity index (χ3v) is 3.28. The summed E-state index contributed by atoms with van der Waals surface area (Å²) in [6.07, 6.45) is 1.42. The smallest absolute Gasteiger partial charge is 0.314 e. The third-order valence-electron chi connectivity index (χ3n) is 3.28. The summed E-state index contributed by atoms with van der Waals surface area (Å²) in [5.74, 6) is 0.599. The minimum Gasteiger partial charge on any atom is -0.396 e. The predicted molar refractivity (Wildman–Crippen MR) is 71.3 cm³/mol. The van der Waals surface area contributed by atoms with E-state index in [2.05, 4.69) is 4.98 Å². The normalized spacial score (nSPS) is 11.3. The lowest BCUT2D eigenvalue weighted by molar-refractivity contribution is -0.659. The maximum Gasteiger partial charge on any atom is 0.314 e. The molecule has 0 unspecified atom stereocenters. The number of rotatable bonds is 4. The van der Waals surface area contributed by atoms with Crippen LogP contribution in [-0.4, -0.2) is 25.8 Å². The van der Waals surface area contributed by atoms with Gasteiger partial charge in [-0.3, -0.25) is 9.36 Å². The molecule has 0 aromatic carbocycles. The lowest BCUT2D eigenvalue weighted by Gasteiger charge is -2.01. The van der Waals surface area contributed by atoms with Gasteiger partial charge in [0, 0.05) is 20.7 Å². The minimum atomic E-state index is -0.224. The van der Waals surface area contributed by atoms with Crippen LogP contribution in [0.1, 0.15) is 12.8 Å². The summed E-state index contributed by atoms with van der Waals surface area (Å²) in [5.41, 5.74) is 12.4. The number of aryl methyl sites for hydroxylation is 2. The molecule has 2 aromatic rings. The van der Waals surface area contributed by atoms with Crippen LogP contribution in [0.2, 0.25) is 0 Å². The van der Waals surface area contributed by atoms with E-state index in [0.717, 1.165) is 6.42 Å². The van der Waals surface area contributed by atoms with Gasteiger partial charge in [0.05, 0.1) is 6.54 Å². The number of aliphatic hydroxyl groups is 1. The standard InChI is InChI=1S/C11H18N6O2/c1-15-7-8(14-10(12)16(2)9(7)19)17(11(15)13)5-3-4-6-18/h13,18H,3-6H2,1-2H3,(H2,12,14,19)/p+1. The van der Waals surface area contributed by atoms with Gasteiger partial charge in [-0.15, -0.1) is 0 Å². The summed E-state index contributed by atoms with van der Waals surface area (Å²) in [6, 6.07) is 0. The molecule has 0 atom stereocenters. The highest BCUT2D eigenvalue weighted by Gasteiger charge is 2.24. The molecule has 0 spiro atoms. The van der Waals surface area contributed by atoms with Gasteiger partial charge in [-0.2, -0.15) is 0 Å². The molecule has 0 fully saturated rings. The van der Waals surface area contributed by atoms with Gasteiger partial charge < -0.3 is 16.6 Å². The average Bonchev–Trinajstić information content (AvgIpc) is 2.61. The van der Waals surface area contributed by atoms with Gasteiger partial charge in [-0.25, -0.2) is 9.13 Å². The molecular formula is C11H19N6O2+. The van der Waals surface area contributed by atoms with E-state index in [1.54, 1.807) is 23.2 Å². The third kappa shape index (κ3) is 2.03. The number of aromatic nitrogens is 4. The second-order valence-corrected chi connectivity index (χ2v) is 4.51. The number of unbranched alkanes of at least 4 members (excludes halogenated alkanes) is 1. The van der Waals surface area contributed by atoms with E-state index < -0.39 is 0 Å². The molecule has 0 aliphatic rings. The minimum absolute atomic E-state index is 0.128. The Morgan fingerprint density at radius 1 is 1.26 bits per heavy atom. The van der Waals surface area contributed by atoms with Crippen LogP contribution in [0, 0.1) is 0 Å². The summed E-state index contributed by atoms with van der Waals surface area (Å²) in [7, 11) is 3.29. The van der Waals surface area contributed by atoms with Gasteiger partial charge in [0.15, 0.2) is 0 Å². The molecule has 19 heavy (non-hydrogen) atoms. The van der Waals surface area contributed by atoms with E-state index in [-0.39, 0.29) is 18.1 Å². The summed E-state index contributed by atoms with van der Waals surface area (Å²) in [4.78, 5) is 16.4. The number of hydrogen-bond donors (Lipinski definition) is 3. The fourth-order valence-electron chi connectivity index (χ4n) is 2.08. The van der Waals surface area contributed by atoms with Crippen LogP contribution in [0.25, 0.3) is 11.2 Å². The number of nitrogens with two attached hydrogens (primary N) is 2. The van der Waals surface area contributed by atoms with Crippen molar-refractivity contribution in [3.63, 3.8) is 0 Å². The molecule has 2 aromatic heterocycles. The number of imidazole rings is 1. The number of aliphatic hydroxyl groups excluding tert-OH is 1. The Balaban J connectivity index is 2.65. The quantitative estimate of drug-likeness (QED) is 0.460. The average molecular weight is 267 g/mol. The SMILES string of the molecule is Cn1c(N)nc2c(c1=O)n(C)c(N)[n+]2CCCCO. The van der Waals surface area contributed by atoms with Gasteiger partial charge in [0.2, 0.25) is 5.52 Å². The molecule has 0 radical (unpaired) electrons. The fourth-order valence-corrected chi connectivity index (χ4v) is 2.08. The first-order chi connectivity index (χ1) is 8.99. The highest BCUT2D eigenvalue weighted by Crippen LogP contribution is 2.10. The van der Waals surface area contributed by atoms with Crippen LogP contribution in [0.15, 0.2) is 4.79 Å². The molecule has 0 saturated heterocycles. The van der Waals surface area contributed by atoms with E-state index in [9.17, 15) is 4.79 Å². The van der Waals surface area contributed by atoms with E-state index in [1.165, 1.54) is 4.57 Å². The van der Waals surface area contributed by atoms with E-state index >= 15 is 0 Å². The molecule has 2 heterocycles. The Bertz CT molecular complexity index is 672. The number of nitrogens with zero attached hydrogens (tertiary/aromatic N) is 4. The van der Waals surface area contributed by atoms with Crippen molar-refractivity contribution in [3.05, 3.63) is 10.4 Å². The van der Waals surface area contributed by atoms with Crippen molar-refractivity contribution in [2.24, 2.45) is 14.1 Å². The summed E-state index contributed by atoms with van der Waals surface area (Å²) in [6.45, 7) is 0.714. The predicted octanol–water partition coefficient (Wildman–Crippen LogP) is -1.50. The van der Waals surface area contributed by atoms with Crippen molar-refractivity contribution in [2.45, 2.75) is 19.4 Å². The van der Waals surface area contributed by atoms with Crippen molar-refractivity contribution in [1.82, 2.24) is 14.1 Å². The van der Waals surface area contributed by atoms with Crippen LogP contribution < -0.4 is 21.6 Å². The maximum atomic E-state index is 12.2. The number of fused-ring (bicyclic) bond motifs is 1. The summed E-state index contributed by atoms with van der Waals surface area (Å²) < 4.78 is 4.66. The Morgan fingerprint density at radius 3 is 2.58 bits per heavy atom. The lowest BCUT2D eigenvalue weighted by Crippen LogP contribution is -2.38. The van der Waals surface area contributed by atoms with Gasteiger partial charge >= 0.3 is 5.95 Å². The van der Waals surface area contributed by atoms with Crippen molar-refractivity contribution >= 4 is 23.1 Å². The molecule has 0 saturated carbocycles. The summed E-state index contributed by atoms with van der Waals surface area (Å²) >= 11 is 0. The molecule has 8 nitrogen and oxygen atoms in total. The number of anilines is 2. The second kappa shape index (κ2) is 4.88.